The van der Waals surface area contributed by atoms with Gasteiger partial charge in [-0.2, -0.15) is 0 Å². The minimum atomic E-state index is -0.166. The Morgan fingerprint density at radius 2 is 2.17 bits per heavy atom. The minimum Gasteiger partial charge on any atom is -0.355 e. The minimum absolute atomic E-state index is 0.0608. The van der Waals surface area contributed by atoms with Crippen molar-refractivity contribution in [2.75, 3.05) is 6.54 Å². The molecule has 0 spiro atoms. The molecule has 0 saturated carbocycles. The fraction of sp³-hybridized carbons (Fsp3) is 0.500. The van der Waals surface area contributed by atoms with Crippen LogP contribution >= 0.6 is 15.9 Å². The number of carbonyl (C=O) groups excluding carboxylic acids is 1. The van der Waals surface area contributed by atoms with Crippen LogP contribution in [0.25, 0.3) is 0 Å². The summed E-state index contributed by atoms with van der Waals surface area (Å²) in [5, 5.41) is 6.11. The standard InChI is InChI=1S/C14H21BrN2O/c1-4-7-16-14(18)11(3)17-9-12-5-6-13(15)10(2)8-12/h5-6,8,11,17H,4,7,9H2,1-3H3,(H,16,18). The third-order valence-corrected chi connectivity index (χ3v) is 3.67. The van der Waals surface area contributed by atoms with E-state index in [0.717, 1.165) is 17.4 Å². The van der Waals surface area contributed by atoms with Crippen molar-refractivity contribution in [1.29, 1.82) is 0 Å². The number of halogens is 1. The molecule has 0 aliphatic rings. The molecule has 4 heteroatoms. The zero-order valence-corrected chi connectivity index (χ0v) is 12.8. The molecule has 1 unspecified atom stereocenters. The van der Waals surface area contributed by atoms with Gasteiger partial charge < -0.3 is 10.6 Å². The Balaban J connectivity index is 2.44. The summed E-state index contributed by atoms with van der Waals surface area (Å²) in [6.07, 6.45) is 0.963. The molecule has 0 saturated heterocycles. The Hall–Kier alpha value is -0.870. The van der Waals surface area contributed by atoms with Gasteiger partial charge in [-0.15, -0.1) is 0 Å². The molecule has 3 nitrogen and oxygen atoms in total. The summed E-state index contributed by atoms with van der Waals surface area (Å²) in [6, 6.07) is 6.04. The lowest BCUT2D eigenvalue weighted by Crippen LogP contribution is -2.42. The number of hydrogen-bond donors (Lipinski definition) is 2. The van der Waals surface area contributed by atoms with Crippen LogP contribution in [0.5, 0.6) is 0 Å². The monoisotopic (exact) mass is 312 g/mol. The van der Waals surface area contributed by atoms with Gasteiger partial charge in [0.05, 0.1) is 6.04 Å². The Bertz CT molecular complexity index is 407. The number of hydrogen-bond acceptors (Lipinski definition) is 2. The zero-order valence-electron chi connectivity index (χ0n) is 11.2. The number of benzene rings is 1. The van der Waals surface area contributed by atoms with E-state index in [9.17, 15) is 4.79 Å². The van der Waals surface area contributed by atoms with E-state index >= 15 is 0 Å². The van der Waals surface area contributed by atoms with Gasteiger partial charge in [0.15, 0.2) is 0 Å². The van der Waals surface area contributed by atoms with Crippen molar-refractivity contribution < 1.29 is 4.79 Å². The summed E-state index contributed by atoms with van der Waals surface area (Å²) in [7, 11) is 0. The Morgan fingerprint density at radius 1 is 1.44 bits per heavy atom. The molecule has 0 heterocycles. The number of rotatable bonds is 6. The van der Waals surface area contributed by atoms with Crippen LogP contribution < -0.4 is 10.6 Å². The first-order valence-corrected chi connectivity index (χ1v) is 7.10. The van der Waals surface area contributed by atoms with Crippen LogP contribution in [0.15, 0.2) is 22.7 Å². The molecular weight excluding hydrogens is 292 g/mol. The average molecular weight is 313 g/mol. The summed E-state index contributed by atoms with van der Waals surface area (Å²) in [4.78, 5) is 11.7. The van der Waals surface area contributed by atoms with Gasteiger partial charge in [0, 0.05) is 17.6 Å². The van der Waals surface area contributed by atoms with Crippen molar-refractivity contribution in [1.82, 2.24) is 10.6 Å². The van der Waals surface area contributed by atoms with Gasteiger partial charge in [-0.25, -0.2) is 0 Å². The lowest BCUT2D eigenvalue weighted by molar-refractivity contribution is -0.122. The van der Waals surface area contributed by atoms with Crippen molar-refractivity contribution in [2.45, 2.75) is 39.8 Å². The Kier molecular flexibility index (Phi) is 6.36. The van der Waals surface area contributed by atoms with Gasteiger partial charge in [-0.05, 0) is 37.5 Å². The summed E-state index contributed by atoms with van der Waals surface area (Å²) in [5.74, 6) is 0.0608. The van der Waals surface area contributed by atoms with Crippen LogP contribution in [0.4, 0.5) is 0 Å². The highest BCUT2D eigenvalue weighted by molar-refractivity contribution is 9.10. The topological polar surface area (TPSA) is 41.1 Å². The first-order chi connectivity index (χ1) is 8.54. The van der Waals surface area contributed by atoms with Crippen molar-refractivity contribution >= 4 is 21.8 Å². The van der Waals surface area contributed by atoms with E-state index < -0.39 is 0 Å². The van der Waals surface area contributed by atoms with Crippen LogP contribution in [-0.2, 0) is 11.3 Å². The van der Waals surface area contributed by atoms with E-state index in [2.05, 4.69) is 45.6 Å². The number of aryl methyl sites for hydroxylation is 1. The van der Waals surface area contributed by atoms with Crippen LogP contribution in [0.2, 0.25) is 0 Å². The molecule has 1 aromatic rings. The molecule has 0 aromatic heterocycles. The smallest absolute Gasteiger partial charge is 0.236 e. The van der Waals surface area contributed by atoms with Crippen LogP contribution in [0, 0.1) is 6.92 Å². The second kappa shape index (κ2) is 7.54. The largest absolute Gasteiger partial charge is 0.355 e. The van der Waals surface area contributed by atoms with Crippen molar-refractivity contribution in [3.05, 3.63) is 33.8 Å². The first kappa shape index (κ1) is 15.2. The molecular formula is C14H21BrN2O. The average Bonchev–Trinajstić information content (AvgIpc) is 2.36. The fourth-order valence-corrected chi connectivity index (χ4v) is 1.83. The summed E-state index contributed by atoms with van der Waals surface area (Å²) in [6.45, 7) is 7.43. The van der Waals surface area contributed by atoms with E-state index in [1.165, 1.54) is 11.1 Å². The molecule has 0 fully saturated rings. The van der Waals surface area contributed by atoms with Crippen LogP contribution in [-0.4, -0.2) is 18.5 Å². The number of amides is 1. The normalized spacial score (nSPS) is 12.2. The van der Waals surface area contributed by atoms with E-state index in [1.807, 2.05) is 19.9 Å². The molecule has 18 heavy (non-hydrogen) atoms. The van der Waals surface area contributed by atoms with Gasteiger partial charge in [0.2, 0.25) is 5.91 Å². The van der Waals surface area contributed by atoms with Crippen LogP contribution in [0.3, 0.4) is 0 Å². The van der Waals surface area contributed by atoms with Gasteiger partial charge in [-0.3, -0.25) is 4.79 Å². The quantitative estimate of drug-likeness (QED) is 0.848. The highest BCUT2D eigenvalue weighted by Crippen LogP contribution is 2.16. The van der Waals surface area contributed by atoms with Gasteiger partial charge in [0.25, 0.3) is 0 Å². The molecule has 1 amide bonds. The van der Waals surface area contributed by atoms with Gasteiger partial charge in [0.1, 0.15) is 0 Å². The SMILES string of the molecule is CCCNC(=O)C(C)NCc1ccc(Br)c(C)c1. The molecule has 1 atom stereocenters. The maximum atomic E-state index is 11.7. The number of carbonyl (C=O) groups is 1. The molecule has 1 rings (SSSR count). The zero-order chi connectivity index (χ0) is 13.5. The first-order valence-electron chi connectivity index (χ1n) is 6.30. The molecule has 0 aliphatic carbocycles. The highest BCUT2D eigenvalue weighted by Gasteiger charge is 2.10. The lowest BCUT2D eigenvalue weighted by Gasteiger charge is -2.14. The summed E-state index contributed by atoms with van der Waals surface area (Å²) < 4.78 is 1.11. The molecule has 1 aromatic carbocycles. The highest BCUT2D eigenvalue weighted by atomic mass is 79.9. The van der Waals surface area contributed by atoms with Crippen LogP contribution in [0.1, 0.15) is 31.4 Å². The van der Waals surface area contributed by atoms with E-state index in [-0.39, 0.29) is 11.9 Å². The van der Waals surface area contributed by atoms with Crippen molar-refractivity contribution in [2.24, 2.45) is 0 Å². The Morgan fingerprint density at radius 3 is 2.78 bits per heavy atom. The Labute approximate surface area is 117 Å². The number of nitrogens with one attached hydrogen (secondary N) is 2. The molecule has 0 aliphatic heterocycles. The van der Waals surface area contributed by atoms with Crippen molar-refractivity contribution in [3.63, 3.8) is 0 Å². The summed E-state index contributed by atoms with van der Waals surface area (Å²) in [5.41, 5.74) is 2.39. The maximum Gasteiger partial charge on any atom is 0.236 e. The van der Waals surface area contributed by atoms with Gasteiger partial charge in [-0.1, -0.05) is 35.0 Å². The lowest BCUT2D eigenvalue weighted by atomic mass is 10.1. The predicted molar refractivity (Wildman–Crippen MR) is 78.5 cm³/mol. The van der Waals surface area contributed by atoms with Crippen molar-refractivity contribution in [3.8, 4) is 0 Å². The maximum absolute atomic E-state index is 11.7. The molecule has 2 N–H and O–H groups in total. The molecule has 0 bridgehead atoms. The van der Waals surface area contributed by atoms with E-state index in [4.69, 9.17) is 0 Å². The van der Waals surface area contributed by atoms with E-state index in [0.29, 0.717) is 6.54 Å². The van der Waals surface area contributed by atoms with Gasteiger partial charge >= 0.3 is 0 Å². The second-order valence-corrected chi connectivity index (χ2v) is 5.33. The predicted octanol–water partition coefficient (Wildman–Crippen LogP) is 2.76. The molecule has 0 radical (unpaired) electrons. The van der Waals surface area contributed by atoms with E-state index in [1.54, 1.807) is 0 Å². The third kappa shape index (κ3) is 4.78. The third-order valence-electron chi connectivity index (χ3n) is 2.78. The summed E-state index contributed by atoms with van der Waals surface area (Å²) >= 11 is 3.48. The fourth-order valence-electron chi connectivity index (χ4n) is 1.58. The second-order valence-electron chi connectivity index (χ2n) is 4.48. The molecule has 100 valence electrons.